The number of nitrogens with one attached hydrogen (secondary N) is 1. The lowest BCUT2D eigenvalue weighted by molar-refractivity contribution is 0.0281. The molecule has 0 spiro atoms. The zero-order valence-electron chi connectivity index (χ0n) is 12.6. The van der Waals surface area contributed by atoms with E-state index in [-0.39, 0.29) is 0 Å². The van der Waals surface area contributed by atoms with Gasteiger partial charge in [0.2, 0.25) is 0 Å². The molecule has 0 atom stereocenters. The lowest BCUT2D eigenvalue weighted by atomic mass is 9.88. The number of hydrogen-bond acceptors (Lipinski definition) is 4. The molecule has 116 valence electrons. The van der Waals surface area contributed by atoms with E-state index in [0.717, 1.165) is 29.9 Å². The Balaban J connectivity index is 1.94. The molecule has 4 nitrogen and oxygen atoms in total. The van der Waals surface area contributed by atoms with Crippen LogP contribution in [0, 0.1) is 5.92 Å². The van der Waals surface area contributed by atoms with Gasteiger partial charge in [0.05, 0.1) is 12.2 Å². The second kappa shape index (κ2) is 7.18. The van der Waals surface area contributed by atoms with E-state index in [1.165, 1.54) is 0 Å². The summed E-state index contributed by atoms with van der Waals surface area (Å²) in [6, 6.07) is 7.39. The minimum Gasteiger partial charge on any atom is -0.449 e. The van der Waals surface area contributed by atoms with E-state index >= 15 is 0 Å². The van der Waals surface area contributed by atoms with Crippen LogP contribution in [-0.2, 0) is 10.3 Å². The van der Waals surface area contributed by atoms with Crippen LogP contribution in [0.15, 0.2) is 24.3 Å². The second-order valence-corrected chi connectivity index (χ2v) is 7.06. The van der Waals surface area contributed by atoms with E-state index in [9.17, 15) is 9.90 Å². The molecule has 0 unspecified atom stereocenters. The highest BCUT2D eigenvalue weighted by Crippen LogP contribution is 2.36. The first-order valence-electron chi connectivity index (χ1n) is 7.34. The van der Waals surface area contributed by atoms with Gasteiger partial charge in [0.1, 0.15) is 0 Å². The maximum Gasteiger partial charge on any atom is 0.411 e. The molecule has 0 aliphatic carbocycles. The van der Waals surface area contributed by atoms with Crippen molar-refractivity contribution in [3.63, 3.8) is 0 Å². The third-order valence-corrected chi connectivity index (χ3v) is 4.52. The van der Waals surface area contributed by atoms with Gasteiger partial charge in [0.15, 0.2) is 0 Å². The van der Waals surface area contributed by atoms with Crippen LogP contribution in [0.5, 0.6) is 0 Å². The molecule has 1 fully saturated rings. The Morgan fingerprint density at radius 1 is 1.33 bits per heavy atom. The average Bonchev–Trinajstić information content (AvgIpc) is 2.46. The Kier molecular flexibility index (Phi) is 5.53. The van der Waals surface area contributed by atoms with Crippen LogP contribution in [-0.4, -0.2) is 29.3 Å². The van der Waals surface area contributed by atoms with Gasteiger partial charge in [-0.25, -0.2) is 4.79 Å². The fourth-order valence-corrected chi connectivity index (χ4v) is 3.43. The van der Waals surface area contributed by atoms with Crippen molar-refractivity contribution in [2.45, 2.75) is 32.3 Å². The summed E-state index contributed by atoms with van der Waals surface area (Å²) in [4.78, 5) is 11.6. The van der Waals surface area contributed by atoms with Crippen molar-refractivity contribution >= 4 is 23.5 Å². The third-order valence-electron chi connectivity index (χ3n) is 3.54. The van der Waals surface area contributed by atoms with Crippen molar-refractivity contribution < 1.29 is 14.6 Å². The van der Waals surface area contributed by atoms with Gasteiger partial charge in [-0.3, -0.25) is 5.32 Å². The van der Waals surface area contributed by atoms with Crippen LogP contribution in [0.1, 0.15) is 32.3 Å². The van der Waals surface area contributed by atoms with Gasteiger partial charge >= 0.3 is 6.09 Å². The minimum atomic E-state index is -0.720. The summed E-state index contributed by atoms with van der Waals surface area (Å²) in [7, 11) is 0. The Morgan fingerprint density at radius 3 is 2.52 bits per heavy atom. The highest BCUT2D eigenvalue weighted by molar-refractivity contribution is 7.99. The molecule has 1 aliphatic heterocycles. The molecule has 0 aromatic heterocycles. The lowest BCUT2D eigenvalue weighted by Gasteiger charge is -2.32. The van der Waals surface area contributed by atoms with E-state index in [4.69, 9.17) is 4.74 Å². The van der Waals surface area contributed by atoms with Crippen molar-refractivity contribution in [2.75, 3.05) is 23.4 Å². The molecule has 21 heavy (non-hydrogen) atoms. The van der Waals surface area contributed by atoms with Crippen molar-refractivity contribution in [3.8, 4) is 0 Å². The second-order valence-electron chi connectivity index (χ2n) is 5.84. The molecule has 0 radical (unpaired) electrons. The minimum absolute atomic E-state index is 0.316. The van der Waals surface area contributed by atoms with E-state index in [1.54, 1.807) is 0 Å². The predicted octanol–water partition coefficient (Wildman–Crippen LogP) is 3.61. The topological polar surface area (TPSA) is 58.6 Å². The van der Waals surface area contributed by atoms with Crippen LogP contribution in [0.3, 0.4) is 0 Å². The molecule has 0 saturated carbocycles. The van der Waals surface area contributed by atoms with Crippen LogP contribution >= 0.6 is 11.8 Å². The number of carbonyl (C=O) groups is 1. The van der Waals surface area contributed by atoms with Gasteiger partial charge in [-0.2, -0.15) is 11.8 Å². The van der Waals surface area contributed by atoms with Crippen LogP contribution in [0.4, 0.5) is 10.5 Å². The SMILES string of the molecule is CC(C)COC(=O)Nc1ccc(C2(O)CCSCC2)cc1. The van der Waals surface area contributed by atoms with Crippen molar-refractivity contribution in [2.24, 2.45) is 5.92 Å². The molecule has 5 heteroatoms. The molecular formula is C16H23NO3S. The summed E-state index contributed by atoms with van der Waals surface area (Å²) in [6.07, 6.45) is 1.12. The normalized spacial score (nSPS) is 17.5. The number of rotatable bonds is 4. The van der Waals surface area contributed by atoms with Gasteiger partial charge in [0.25, 0.3) is 0 Å². The smallest absolute Gasteiger partial charge is 0.411 e. The Morgan fingerprint density at radius 2 is 1.95 bits per heavy atom. The summed E-state index contributed by atoms with van der Waals surface area (Å²) in [5.74, 6) is 2.28. The van der Waals surface area contributed by atoms with E-state index in [1.807, 2.05) is 49.9 Å². The predicted molar refractivity (Wildman–Crippen MR) is 86.7 cm³/mol. The Hall–Kier alpha value is -1.20. The van der Waals surface area contributed by atoms with Gasteiger partial charge < -0.3 is 9.84 Å². The number of ether oxygens (including phenoxy) is 1. The van der Waals surface area contributed by atoms with E-state index in [2.05, 4.69) is 5.32 Å². The number of benzene rings is 1. The molecule has 1 aromatic rings. The molecule has 2 rings (SSSR count). The van der Waals surface area contributed by atoms with Crippen LogP contribution in [0.2, 0.25) is 0 Å². The standard InChI is InChI=1S/C16H23NO3S/c1-12(2)11-20-15(18)17-14-5-3-13(4-6-14)16(19)7-9-21-10-8-16/h3-6,12,19H,7-11H2,1-2H3,(H,17,18). The molecule has 1 aromatic carbocycles. The summed E-state index contributed by atoms with van der Waals surface area (Å²) < 4.78 is 5.07. The maximum atomic E-state index is 11.6. The van der Waals surface area contributed by atoms with Crippen molar-refractivity contribution in [1.82, 2.24) is 0 Å². The number of aliphatic hydroxyl groups is 1. The Labute approximate surface area is 130 Å². The summed E-state index contributed by atoms with van der Waals surface area (Å²) in [5.41, 5.74) is 0.882. The third kappa shape index (κ3) is 4.64. The van der Waals surface area contributed by atoms with Gasteiger partial charge in [-0.05, 0) is 48.0 Å². The highest BCUT2D eigenvalue weighted by Gasteiger charge is 2.31. The van der Waals surface area contributed by atoms with Gasteiger partial charge in [-0.15, -0.1) is 0 Å². The maximum absolute atomic E-state index is 11.6. The zero-order valence-corrected chi connectivity index (χ0v) is 13.4. The quantitative estimate of drug-likeness (QED) is 0.892. The van der Waals surface area contributed by atoms with Crippen LogP contribution < -0.4 is 5.32 Å². The fourth-order valence-electron chi connectivity index (χ4n) is 2.26. The van der Waals surface area contributed by atoms with Gasteiger partial charge in [-0.1, -0.05) is 26.0 Å². The Bertz CT molecular complexity index is 467. The number of anilines is 1. The van der Waals surface area contributed by atoms with E-state index < -0.39 is 11.7 Å². The molecule has 2 N–H and O–H groups in total. The molecule has 0 bridgehead atoms. The summed E-state index contributed by atoms with van der Waals surface area (Å²) in [5, 5.41) is 13.3. The summed E-state index contributed by atoms with van der Waals surface area (Å²) >= 11 is 1.88. The molecule has 1 aliphatic rings. The number of thioether (sulfide) groups is 1. The molecule has 1 heterocycles. The lowest BCUT2D eigenvalue weighted by Crippen LogP contribution is -2.30. The first kappa shape index (κ1) is 16.2. The number of carbonyl (C=O) groups excluding carboxylic acids is 1. The number of amides is 1. The van der Waals surface area contributed by atoms with Crippen LogP contribution in [0.25, 0.3) is 0 Å². The first-order chi connectivity index (χ1) is 9.99. The first-order valence-corrected chi connectivity index (χ1v) is 8.49. The molecular weight excluding hydrogens is 286 g/mol. The zero-order chi connectivity index (χ0) is 15.3. The highest BCUT2D eigenvalue weighted by atomic mass is 32.2. The summed E-state index contributed by atoms with van der Waals surface area (Å²) in [6.45, 7) is 4.39. The van der Waals surface area contributed by atoms with Gasteiger partial charge in [0, 0.05) is 5.69 Å². The molecule has 1 amide bonds. The number of hydrogen-bond donors (Lipinski definition) is 2. The monoisotopic (exact) mass is 309 g/mol. The largest absolute Gasteiger partial charge is 0.449 e. The molecule has 1 saturated heterocycles. The van der Waals surface area contributed by atoms with E-state index in [0.29, 0.717) is 18.2 Å². The van der Waals surface area contributed by atoms with Crippen molar-refractivity contribution in [1.29, 1.82) is 0 Å². The fraction of sp³-hybridized carbons (Fsp3) is 0.562. The van der Waals surface area contributed by atoms with Crippen molar-refractivity contribution in [3.05, 3.63) is 29.8 Å². The average molecular weight is 309 g/mol.